The quantitative estimate of drug-likeness (QED) is 0.486. The monoisotopic (exact) mass is 443 g/mol. The number of fused-ring (bicyclic) bond motifs is 1. The first-order chi connectivity index (χ1) is 16.0. The molecule has 3 heterocycles. The number of halogens is 1. The number of aromatic nitrogens is 3. The van der Waals surface area contributed by atoms with Crippen LogP contribution in [-0.2, 0) is 13.0 Å². The minimum absolute atomic E-state index is 0.0861. The molecule has 7 nitrogen and oxygen atoms in total. The first kappa shape index (κ1) is 20.8. The zero-order chi connectivity index (χ0) is 22.9. The van der Waals surface area contributed by atoms with Crippen LogP contribution >= 0.6 is 0 Å². The van der Waals surface area contributed by atoms with Crippen LogP contribution in [0.5, 0.6) is 0 Å². The third kappa shape index (κ3) is 4.32. The largest absolute Gasteiger partial charge is 0.356 e. The van der Waals surface area contributed by atoms with E-state index >= 15 is 0 Å². The SMILES string of the molecule is Cc1cc(C)nc(Nc2cccc(C(=O)N3CCc4c(noc4-c4ccc(F)cc4)C3)c2)n1. The highest BCUT2D eigenvalue weighted by atomic mass is 19.1. The lowest BCUT2D eigenvalue weighted by Gasteiger charge is -2.26. The van der Waals surface area contributed by atoms with E-state index in [1.807, 2.05) is 32.0 Å². The average Bonchev–Trinajstić information content (AvgIpc) is 3.22. The van der Waals surface area contributed by atoms with Crippen LogP contribution in [0.3, 0.4) is 0 Å². The summed E-state index contributed by atoms with van der Waals surface area (Å²) in [6, 6.07) is 15.3. The first-order valence-corrected chi connectivity index (χ1v) is 10.7. The number of nitrogens with zero attached hydrogens (tertiary/aromatic N) is 4. The number of carbonyl (C=O) groups excluding carboxylic acids is 1. The molecule has 0 bridgehead atoms. The van der Waals surface area contributed by atoms with Crippen molar-refractivity contribution < 1.29 is 13.7 Å². The molecule has 2 aromatic carbocycles. The second kappa shape index (κ2) is 8.46. The zero-order valence-corrected chi connectivity index (χ0v) is 18.3. The van der Waals surface area contributed by atoms with E-state index in [0.29, 0.717) is 36.8 Å². The van der Waals surface area contributed by atoms with E-state index in [4.69, 9.17) is 4.52 Å². The molecule has 1 aliphatic heterocycles. The number of amides is 1. The van der Waals surface area contributed by atoms with Gasteiger partial charge in [0.15, 0.2) is 5.76 Å². The number of hydrogen-bond donors (Lipinski definition) is 1. The molecular formula is C25H22FN5O2. The molecule has 0 spiro atoms. The number of aryl methyl sites for hydroxylation is 2. The Hall–Kier alpha value is -4.07. The van der Waals surface area contributed by atoms with Gasteiger partial charge in [-0.15, -0.1) is 0 Å². The second-order valence-corrected chi connectivity index (χ2v) is 8.10. The molecule has 0 saturated carbocycles. The van der Waals surface area contributed by atoms with Crippen LogP contribution in [0, 0.1) is 19.7 Å². The fourth-order valence-electron chi connectivity index (χ4n) is 4.06. The van der Waals surface area contributed by atoms with Gasteiger partial charge in [-0.2, -0.15) is 0 Å². The fraction of sp³-hybridized carbons (Fsp3) is 0.200. The number of carbonyl (C=O) groups is 1. The van der Waals surface area contributed by atoms with Gasteiger partial charge in [0, 0.05) is 40.3 Å². The summed E-state index contributed by atoms with van der Waals surface area (Å²) in [5.41, 5.74) is 5.51. The third-order valence-electron chi connectivity index (χ3n) is 5.58. The van der Waals surface area contributed by atoms with Gasteiger partial charge >= 0.3 is 0 Å². The minimum atomic E-state index is -0.301. The third-order valence-corrected chi connectivity index (χ3v) is 5.58. The smallest absolute Gasteiger partial charge is 0.254 e. The summed E-state index contributed by atoms with van der Waals surface area (Å²) < 4.78 is 18.8. The fourth-order valence-corrected chi connectivity index (χ4v) is 4.06. The van der Waals surface area contributed by atoms with Crippen molar-refractivity contribution in [1.82, 2.24) is 20.0 Å². The van der Waals surface area contributed by atoms with Crippen molar-refractivity contribution in [3.05, 3.63) is 88.6 Å². The Kier molecular flexibility index (Phi) is 5.34. The Balaban J connectivity index is 1.33. The van der Waals surface area contributed by atoms with Gasteiger partial charge in [-0.25, -0.2) is 14.4 Å². The van der Waals surface area contributed by atoms with Crippen LogP contribution in [0.15, 0.2) is 59.1 Å². The number of benzene rings is 2. The van der Waals surface area contributed by atoms with Crippen molar-refractivity contribution in [1.29, 1.82) is 0 Å². The van der Waals surface area contributed by atoms with E-state index in [-0.39, 0.29) is 11.7 Å². The minimum Gasteiger partial charge on any atom is -0.356 e. The van der Waals surface area contributed by atoms with Crippen molar-refractivity contribution >= 4 is 17.5 Å². The molecule has 0 atom stereocenters. The molecule has 8 heteroatoms. The van der Waals surface area contributed by atoms with Gasteiger partial charge in [0.25, 0.3) is 5.91 Å². The summed E-state index contributed by atoms with van der Waals surface area (Å²) in [4.78, 5) is 23.7. The highest BCUT2D eigenvalue weighted by Crippen LogP contribution is 2.31. The van der Waals surface area contributed by atoms with Crippen molar-refractivity contribution in [2.45, 2.75) is 26.8 Å². The van der Waals surface area contributed by atoms with Crippen LogP contribution in [-0.4, -0.2) is 32.5 Å². The van der Waals surface area contributed by atoms with Crippen molar-refractivity contribution in [3.8, 4) is 11.3 Å². The van der Waals surface area contributed by atoms with Crippen molar-refractivity contribution in [2.75, 3.05) is 11.9 Å². The number of rotatable bonds is 4. The highest BCUT2D eigenvalue weighted by molar-refractivity contribution is 5.95. The van der Waals surface area contributed by atoms with Crippen LogP contribution < -0.4 is 5.32 Å². The van der Waals surface area contributed by atoms with E-state index in [2.05, 4.69) is 20.4 Å². The molecular weight excluding hydrogens is 421 g/mol. The molecule has 1 N–H and O–H groups in total. The van der Waals surface area contributed by atoms with Crippen LogP contribution in [0.1, 0.15) is 33.0 Å². The van der Waals surface area contributed by atoms with E-state index in [9.17, 15) is 9.18 Å². The number of anilines is 2. The predicted molar refractivity (Wildman–Crippen MR) is 122 cm³/mol. The molecule has 0 unspecified atom stereocenters. The lowest BCUT2D eigenvalue weighted by atomic mass is 10.00. The van der Waals surface area contributed by atoms with Gasteiger partial charge in [-0.05, 0) is 68.8 Å². The van der Waals surface area contributed by atoms with Crippen molar-refractivity contribution in [2.24, 2.45) is 0 Å². The molecule has 5 rings (SSSR count). The second-order valence-electron chi connectivity index (χ2n) is 8.10. The van der Waals surface area contributed by atoms with Crippen LogP contribution in [0.4, 0.5) is 16.0 Å². The highest BCUT2D eigenvalue weighted by Gasteiger charge is 2.28. The molecule has 1 aliphatic rings. The molecule has 2 aromatic heterocycles. The van der Waals surface area contributed by atoms with Gasteiger partial charge in [0.1, 0.15) is 11.5 Å². The van der Waals surface area contributed by atoms with Gasteiger partial charge < -0.3 is 14.7 Å². The Morgan fingerprint density at radius 1 is 1.06 bits per heavy atom. The molecule has 0 aliphatic carbocycles. The maximum Gasteiger partial charge on any atom is 0.254 e. The number of hydrogen-bond acceptors (Lipinski definition) is 6. The molecule has 4 aromatic rings. The van der Waals surface area contributed by atoms with E-state index < -0.39 is 0 Å². The standard InChI is InChI=1S/C25H22FN5O2/c1-15-12-16(2)28-25(27-15)29-20-5-3-4-18(13-20)24(32)31-11-10-21-22(14-31)30-33-23(21)17-6-8-19(26)9-7-17/h3-9,12-13H,10-11,14H2,1-2H3,(H,27,28,29). The molecule has 0 saturated heterocycles. The zero-order valence-electron chi connectivity index (χ0n) is 18.3. The normalized spacial score (nSPS) is 13.0. The van der Waals surface area contributed by atoms with Crippen LogP contribution in [0.2, 0.25) is 0 Å². The summed E-state index contributed by atoms with van der Waals surface area (Å²) >= 11 is 0. The first-order valence-electron chi connectivity index (χ1n) is 10.7. The molecule has 0 fully saturated rings. The summed E-state index contributed by atoms with van der Waals surface area (Å²) in [5, 5.41) is 7.36. The summed E-state index contributed by atoms with van der Waals surface area (Å²) in [6.45, 7) is 4.72. The Bertz CT molecular complexity index is 1310. The van der Waals surface area contributed by atoms with Gasteiger partial charge in [0.05, 0.1) is 6.54 Å². The topological polar surface area (TPSA) is 84.2 Å². The Morgan fingerprint density at radius 2 is 1.82 bits per heavy atom. The molecule has 33 heavy (non-hydrogen) atoms. The molecule has 1 amide bonds. The maximum absolute atomic E-state index is 13.3. The average molecular weight is 443 g/mol. The van der Waals surface area contributed by atoms with Crippen molar-refractivity contribution in [3.63, 3.8) is 0 Å². The van der Waals surface area contributed by atoms with Crippen LogP contribution in [0.25, 0.3) is 11.3 Å². The molecule has 166 valence electrons. The van der Waals surface area contributed by atoms with Gasteiger partial charge in [-0.3, -0.25) is 4.79 Å². The number of nitrogens with one attached hydrogen (secondary N) is 1. The van der Waals surface area contributed by atoms with Gasteiger partial charge in [0.2, 0.25) is 5.95 Å². The van der Waals surface area contributed by atoms with Gasteiger partial charge in [-0.1, -0.05) is 11.2 Å². The Morgan fingerprint density at radius 3 is 2.58 bits per heavy atom. The summed E-state index contributed by atoms with van der Waals surface area (Å²) in [6.07, 6.45) is 0.617. The Labute approximate surface area is 190 Å². The van der Waals surface area contributed by atoms with E-state index in [1.165, 1.54) is 12.1 Å². The maximum atomic E-state index is 13.3. The van der Waals surface area contributed by atoms with E-state index in [0.717, 1.165) is 33.9 Å². The summed E-state index contributed by atoms with van der Waals surface area (Å²) in [5.74, 6) is 0.745. The predicted octanol–water partition coefficient (Wildman–Crippen LogP) is 4.83. The molecule has 0 radical (unpaired) electrons. The lowest BCUT2D eigenvalue weighted by Crippen LogP contribution is -2.36. The lowest BCUT2D eigenvalue weighted by molar-refractivity contribution is 0.0731. The summed E-state index contributed by atoms with van der Waals surface area (Å²) in [7, 11) is 0. The van der Waals surface area contributed by atoms with E-state index in [1.54, 1.807) is 29.2 Å².